The van der Waals surface area contributed by atoms with Crippen molar-refractivity contribution >= 4 is 5.78 Å². The van der Waals surface area contributed by atoms with Crippen molar-refractivity contribution in [2.24, 2.45) is 0 Å². The predicted octanol–water partition coefficient (Wildman–Crippen LogP) is 3.22. The van der Waals surface area contributed by atoms with Gasteiger partial charge < -0.3 is 4.74 Å². The minimum absolute atomic E-state index is 0.0875. The number of rotatable bonds is 4. The van der Waals surface area contributed by atoms with Crippen LogP contribution in [0.1, 0.15) is 47.2 Å². The van der Waals surface area contributed by atoms with Gasteiger partial charge in [-0.05, 0) is 31.0 Å². The minimum Gasteiger partial charge on any atom is -0.478 e. The van der Waals surface area contributed by atoms with Gasteiger partial charge in [0, 0.05) is 25.7 Å². The quantitative estimate of drug-likeness (QED) is 0.840. The average Bonchev–Trinajstić information content (AvgIpc) is 2.67. The number of fused-ring (bicyclic) bond motifs is 1. The molecule has 0 saturated carbocycles. The summed E-state index contributed by atoms with van der Waals surface area (Å²) in [6.07, 6.45) is 1.14. The van der Waals surface area contributed by atoms with Gasteiger partial charge in [-0.2, -0.15) is 10.5 Å². The van der Waals surface area contributed by atoms with E-state index in [-0.39, 0.29) is 18.6 Å². The number of nitriles is 2. The lowest BCUT2D eigenvalue weighted by molar-refractivity contribution is 0.0498. The number of Topliss-reactive ketones (excluding diaryl/α,β-unsaturated/α-hetero) is 1. The van der Waals surface area contributed by atoms with Crippen LogP contribution in [-0.4, -0.2) is 11.4 Å². The van der Waals surface area contributed by atoms with Crippen LogP contribution in [0.4, 0.5) is 0 Å². The van der Waals surface area contributed by atoms with Crippen LogP contribution in [0, 0.1) is 36.5 Å². The zero-order chi connectivity index (χ0) is 14.8. The molecule has 0 bridgehead atoms. The molecule has 20 heavy (non-hydrogen) atoms. The summed E-state index contributed by atoms with van der Waals surface area (Å²) in [5.74, 6) is 0.499. The highest BCUT2D eigenvalue weighted by Gasteiger charge is 2.47. The lowest BCUT2D eigenvalue weighted by Gasteiger charge is -2.25. The van der Waals surface area contributed by atoms with Crippen LogP contribution in [0.3, 0.4) is 0 Å². The van der Waals surface area contributed by atoms with Gasteiger partial charge in [-0.25, -0.2) is 0 Å². The van der Waals surface area contributed by atoms with Crippen LogP contribution < -0.4 is 4.74 Å². The summed E-state index contributed by atoms with van der Waals surface area (Å²) in [6, 6.07) is 7.91. The topological polar surface area (TPSA) is 73.9 Å². The van der Waals surface area contributed by atoms with E-state index >= 15 is 0 Å². The van der Waals surface area contributed by atoms with Gasteiger partial charge in [-0.15, -0.1) is 0 Å². The Morgan fingerprint density at radius 3 is 2.30 bits per heavy atom. The number of nitrogens with zero attached hydrogens (tertiary/aromatic N) is 2. The van der Waals surface area contributed by atoms with Gasteiger partial charge in [0.15, 0.2) is 5.60 Å². The van der Waals surface area contributed by atoms with Crippen LogP contribution in [0.25, 0.3) is 0 Å². The van der Waals surface area contributed by atoms with E-state index in [9.17, 15) is 4.79 Å². The van der Waals surface area contributed by atoms with Gasteiger partial charge in [0.1, 0.15) is 5.75 Å². The highest BCUT2D eigenvalue weighted by atomic mass is 16.5. The smallest absolute Gasteiger partial charge is 0.210 e. The second-order valence-electron chi connectivity index (χ2n) is 5.20. The van der Waals surface area contributed by atoms with Crippen molar-refractivity contribution in [1.29, 1.82) is 10.5 Å². The molecule has 1 heterocycles. The summed E-state index contributed by atoms with van der Waals surface area (Å²) in [5, 5.41) is 17.6. The number of hydrogen-bond donors (Lipinski definition) is 0. The summed E-state index contributed by atoms with van der Waals surface area (Å²) in [5.41, 5.74) is 1.49. The first-order valence-electron chi connectivity index (χ1n) is 6.63. The summed E-state index contributed by atoms with van der Waals surface area (Å²) < 4.78 is 5.92. The molecule has 0 amide bonds. The van der Waals surface area contributed by atoms with E-state index < -0.39 is 5.60 Å². The van der Waals surface area contributed by atoms with Crippen LogP contribution >= 0.6 is 0 Å². The molecule has 0 aliphatic carbocycles. The van der Waals surface area contributed by atoms with E-state index in [1.165, 1.54) is 0 Å². The molecule has 102 valence electrons. The van der Waals surface area contributed by atoms with E-state index in [0.29, 0.717) is 24.2 Å². The van der Waals surface area contributed by atoms with Gasteiger partial charge in [0.05, 0.1) is 17.7 Å². The second kappa shape index (κ2) is 5.35. The van der Waals surface area contributed by atoms with Crippen molar-refractivity contribution in [3.63, 3.8) is 0 Å². The van der Waals surface area contributed by atoms with Crippen LogP contribution in [0.2, 0.25) is 0 Å². The maximum absolute atomic E-state index is 12.7. The summed E-state index contributed by atoms with van der Waals surface area (Å²) in [6.45, 7) is 3.84. The Labute approximate surface area is 118 Å². The number of aryl methyl sites for hydroxylation is 2. The molecule has 0 fully saturated rings. The standard InChI is InChI=1S/C16H16N2O2/c1-11-9-12(2)14-13(10-11)20-16(15(14)19,5-3-7-17)6-4-8-18/h9-10H,3-6H2,1-2H3. The fraction of sp³-hybridized carbons (Fsp3) is 0.438. The van der Waals surface area contributed by atoms with Crippen LogP contribution in [-0.2, 0) is 0 Å². The Morgan fingerprint density at radius 1 is 1.15 bits per heavy atom. The van der Waals surface area contributed by atoms with Crippen LogP contribution in [0.5, 0.6) is 5.75 Å². The van der Waals surface area contributed by atoms with E-state index in [4.69, 9.17) is 15.3 Å². The molecule has 1 aromatic rings. The predicted molar refractivity (Wildman–Crippen MR) is 73.3 cm³/mol. The van der Waals surface area contributed by atoms with Crippen molar-refractivity contribution in [2.75, 3.05) is 0 Å². The highest BCUT2D eigenvalue weighted by Crippen LogP contribution is 2.42. The van der Waals surface area contributed by atoms with Gasteiger partial charge >= 0.3 is 0 Å². The van der Waals surface area contributed by atoms with Crippen molar-refractivity contribution in [1.82, 2.24) is 0 Å². The Balaban J connectivity index is 2.43. The SMILES string of the molecule is Cc1cc(C)c2c(c1)OC(CCC#N)(CCC#N)C2=O. The Bertz CT molecular complexity index is 617. The van der Waals surface area contributed by atoms with Crippen LogP contribution in [0.15, 0.2) is 12.1 Å². The highest BCUT2D eigenvalue weighted by molar-refractivity contribution is 6.08. The largest absolute Gasteiger partial charge is 0.478 e. The normalized spacial score (nSPS) is 15.1. The monoisotopic (exact) mass is 268 g/mol. The van der Waals surface area contributed by atoms with Gasteiger partial charge in [0.25, 0.3) is 0 Å². The summed E-state index contributed by atoms with van der Waals surface area (Å²) >= 11 is 0. The molecule has 1 aromatic carbocycles. The number of carbonyl (C=O) groups is 1. The van der Waals surface area contributed by atoms with Crippen molar-refractivity contribution in [3.05, 3.63) is 28.8 Å². The number of ketones is 1. The molecular weight excluding hydrogens is 252 g/mol. The van der Waals surface area contributed by atoms with E-state index in [0.717, 1.165) is 11.1 Å². The molecule has 0 N–H and O–H groups in total. The zero-order valence-corrected chi connectivity index (χ0v) is 11.7. The lowest BCUT2D eigenvalue weighted by atomic mass is 9.85. The van der Waals surface area contributed by atoms with E-state index in [1.807, 2.05) is 26.0 Å². The number of carbonyl (C=O) groups excluding carboxylic acids is 1. The van der Waals surface area contributed by atoms with Crippen molar-refractivity contribution in [3.8, 4) is 17.9 Å². The zero-order valence-electron chi connectivity index (χ0n) is 11.7. The summed E-state index contributed by atoms with van der Waals surface area (Å²) in [4.78, 5) is 12.7. The third kappa shape index (κ3) is 2.26. The Morgan fingerprint density at radius 2 is 1.75 bits per heavy atom. The lowest BCUT2D eigenvalue weighted by Crippen LogP contribution is -2.40. The second-order valence-corrected chi connectivity index (χ2v) is 5.20. The number of hydrogen-bond acceptors (Lipinski definition) is 4. The number of ether oxygens (including phenoxy) is 1. The number of benzene rings is 1. The fourth-order valence-electron chi connectivity index (χ4n) is 2.75. The third-order valence-electron chi connectivity index (χ3n) is 3.67. The maximum atomic E-state index is 12.7. The molecule has 0 aromatic heterocycles. The van der Waals surface area contributed by atoms with Gasteiger partial charge in [-0.1, -0.05) is 6.07 Å². The third-order valence-corrected chi connectivity index (χ3v) is 3.67. The molecule has 1 aliphatic rings. The van der Waals surface area contributed by atoms with E-state index in [1.54, 1.807) is 0 Å². The molecule has 0 saturated heterocycles. The molecule has 4 nitrogen and oxygen atoms in total. The fourth-order valence-corrected chi connectivity index (χ4v) is 2.75. The molecule has 1 aliphatic heterocycles. The molecule has 0 spiro atoms. The Hall–Kier alpha value is -2.33. The molecular formula is C16H16N2O2. The maximum Gasteiger partial charge on any atom is 0.210 e. The first-order chi connectivity index (χ1) is 9.54. The Kier molecular flexibility index (Phi) is 3.77. The van der Waals surface area contributed by atoms with Crippen molar-refractivity contribution < 1.29 is 9.53 Å². The van der Waals surface area contributed by atoms with Crippen molar-refractivity contribution in [2.45, 2.75) is 45.1 Å². The minimum atomic E-state index is -1.04. The van der Waals surface area contributed by atoms with E-state index in [2.05, 4.69) is 12.1 Å². The molecule has 0 atom stereocenters. The van der Waals surface area contributed by atoms with Gasteiger partial charge in [-0.3, -0.25) is 4.79 Å². The molecule has 4 heteroatoms. The first-order valence-corrected chi connectivity index (χ1v) is 6.63. The van der Waals surface area contributed by atoms with Gasteiger partial charge in [0.2, 0.25) is 5.78 Å². The average molecular weight is 268 g/mol. The molecule has 0 radical (unpaired) electrons. The molecule has 2 rings (SSSR count). The molecule has 0 unspecified atom stereocenters. The summed E-state index contributed by atoms with van der Waals surface area (Å²) in [7, 11) is 0. The first kappa shape index (κ1) is 14.1.